The van der Waals surface area contributed by atoms with Crippen LogP contribution in [-0.2, 0) is 14.8 Å². The minimum absolute atomic E-state index is 0.131. The second-order valence-electron chi connectivity index (χ2n) is 5.63. The summed E-state index contributed by atoms with van der Waals surface area (Å²) in [5.74, 6) is 0.334. The molecule has 136 valence electrons. The van der Waals surface area contributed by atoms with E-state index in [2.05, 4.69) is 20.2 Å². The topological polar surface area (TPSA) is 110 Å². The van der Waals surface area contributed by atoms with E-state index < -0.39 is 16.1 Å². The number of carbonyl (C=O) groups excluding carboxylic acids is 1. The maximum Gasteiger partial charge on any atom is 0.270 e. The van der Waals surface area contributed by atoms with Gasteiger partial charge in [-0.1, -0.05) is 17.4 Å². The Bertz CT molecular complexity index is 864. The Morgan fingerprint density at radius 3 is 2.64 bits per heavy atom. The number of nitrogens with one attached hydrogen (secondary N) is 2. The van der Waals surface area contributed by atoms with Crippen LogP contribution in [0.2, 0.25) is 0 Å². The van der Waals surface area contributed by atoms with Gasteiger partial charge in [0, 0.05) is 6.92 Å². The highest BCUT2D eigenvalue weighted by Crippen LogP contribution is 2.20. The number of carbonyl (C=O) groups is 1. The second kappa shape index (κ2) is 7.89. The zero-order valence-corrected chi connectivity index (χ0v) is 16.0. The molecule has 1 heterocycles. The minimum atomic E-state index is -3.83. The van der Waals surface area contributed by atoms with Crippen LogP contribution in [0.5, 0.6) is 5.75 Å². The zero-order chi connectivity index (χ0) is 18.6. The summed E-state index contributed by atoms with van der Waals surface area (Å²) in [6, 6.07) is 5.22. The van der Waals surface area contributed by atoms with Crippen molar-refractivity contribution in [1.29, 1.82) is 0 Å². The molecule has 0 radical (unpaired) electrons. The lowest BCUT2D eigenvalue weighted by atomic mass is 10.1. The standard InChI is InChI=1S/C15H20N4O4S2/c1-9-5-6-13(7-10(9)2)23-8-11(3)19-25(21,22)15-18-17-14(24-15)16-12(4)20/h5-7,11,19H,8H2,1-4H3,(H,16,17,20). The normalized spacial score (nSPS) is 12.6. The van der Waals surface area contributed by atoms with Gasteiger partial charge in [0.2, 0.25) is 15.4 Å². The molecule has 2 rings (SSSR count). The first-order chi connectivity index (χ1) is 11.7. The Morgan fingerprint density at radius 2 is 2.00 bits per heavy atom. The van der Waals surface area contributed by atoms with E-state index in [1.165, 1.54) is 6.92 Å². The molecule has 1 atom stereocenters. The summed E-state index contributed by atoms with van der Waals surface area (Å²) in [6.07, 6.45) is 0. The van der Waals surface area contributed by atoms with Crippen molar-refractivity contribution < 1.29 is 17.9 Å². The van der Waals surface area contributed by atoms with Crippen LogP contribution < -0.4 is 14.8 Å². The minimum Gasteiger partial charge on any atom is -0.492 e. The molecule has 0 saturated heterocycles. The quantitative estimate of drug-likeness (QED) is 0.705. The highest BCUT2D eigenvalue weighted by atomic mass is 32.2. The Kier molecular flexibility index (Phi) is 6.09. The van der Waals surface area contributed by atoms with Gasteiger partial charge >= 0.3 is 0 Å². The lowest BCUT2D eigenvalue weighted by Gasteiger charge is -2.14. The van der Waals surface area contributed by atoms with Gasteiger partial charge < -0.3 is 10.1 Å². The third-order valence-electron chi connectivity index (χ3n) is 3.25. The average molecular weight is 384 g/mol. The average Bonchev–Trinajstić information content (AvgIpc) is 2.96. The molecule has 0 saturated carbocycles. The molecule has 1 aromatic heterocycles. The van der Waals surface area contributed by atoms with E-state index >= 15 is 0 Å². The molecule has 2 N–H and O–H groups in total. The number of benzene rings is 1. The molecule has 10 heteroatoms. The number of hydrogen-bond donors (Lipinski definition) is 2. The fourth-order valence-electron chi connectivity index (χ4n) is 1.89. The second-order valence-corrected chi connectivity index (χ2v) is 8.50. The maximum atomic E-state index is 12.3. The lowest BCUT2D eigenvalue weighted by molar-refractivity contribution is -0.114. The number of hydrogen-bond acceptors (Lipinski definition) is 7. The van der Waals surface area contributed by atoms with Crippen LogP contribution in [0.15, 0.2) is 22.5 Å². The smallest absolute Gasteiger partial charge is 0.270 e. The summed E-state index contributed by atoms with van der Waals surface area (Å²) >= 11 is 0.783. The number of aryl methyl sites for hydroxylation is 2. The molecule has 0 fully saturated rings. The predicted octanol–water partition coefficient (Wildman–Crippen LogP) is 1.86. The molecule has 0 aliphatic carbocycles. The summed E-state index contributed by atoms with van der Waals surface area (Å²) in [5.41, 5.74) is 2.26. The number of ether oxygens (including phenoxy) is 1. The van der Waals surface area contributed by atoms with Crippen molar-refractivity contribution in [3.8, 4) is 5.75 Å². The fourth-order valence-corrected chi connectivity index (χ4v) is 4.08. The van der Waals surface area contributed by atoms with E-state index in [0.717, 1.165) is 22.5 Å². The molecule has 25 heavy (non-hydrogen) atoms. The SMILES string of the molecule is CC(=O)Nc1nnc(S(=O)(=O)NC(C)COc2ccc(C)c(C)c2)s1. The van der Waals surface area contributed by atoms with E-state index in [-0.39, 0.29) is 22.0 Å². The van der Waals surface area contributed by atoms with Crippen LogP contribution in [0.25, 0.3) is 0 Å². The number of anilines is 1. The monoisotopic (exact) mass is 384 g/mol. The van der Waals surface area contributed by atoms with Gasteiger partial charge in [0.1, 0.15) is 12.4 Å². The largest absolute Gasteiger partial charge is 0.492 e. The highest BCUT2D eigenvalue weighted by Gasteiger charge is 2.23. The van der Waals surface area contributed by atoms with Crippen molar-refractivity contribution in [1.82, 2.24) is 14.9 Å². The fraction of sp³-hybridized carbons (Fsp3) is 0.400. The molecule has 1 aromatic carbocycles. The molecule has 8 nitrogen and oxygen atoms in total. The highest BCUT2D eigenvalue weighted by molar-refractivity contribution is 7.91. The molecule has 2 aromatic rings. The van der Waals surface area contributed by atoms with Gasteiger partial charge in [-0.25, -0.2) is 13.1 Å². The Morgan fingerprint density at radius 1 is 1.28 bits per heavy atom. The van der Waals surface area contributed by atoms with Gasteiger partial charge in [-0.05, 0) is 44.0 Å². The van der Waals surface area contributed by atoms with Crippen LogP contribution >= 0.6 is 11.3 Å². The third kappa shape index (κ3) is 5.48. The molecule has 1 amide bonds. The van der Waals surface area contributed by atoms with Gasteiger partial charge in [-0.2, -0.15) is 0 Å². The van der Waals surface area contributed by atoms with E-state index in [1.54, 1.807) is 6.92 Å². The van der Waals surface area contributed by atoms with Gasteiger partial charge in [-0.15, -0.1) is 10.2 Å². The van der Waals surface area contributed by atoms with Gasteiger partial charge in [0.05, 0.1) is 6.04 Å². The first-order valence-electron chi connectivity index (χ1n) is 7.51. The molecule has 0 spiro atoms. The summed E-state index contributed by atoms with van der Waals surface area (Å²) in [6.45, 7) is 7.15. The van der Waals surface area contributed by atoms with E-state index in [4.69, 9.17) is 4.74 Å². The van der Waals surface area contributed by atoms with Crippen molar-refractivity contribution in [3.63, 3.8) is 0 Å². The Hall–Kier alpha value is -2.04. The van der Waals surface area contributed by atoms with Gasteiger partial charge in [-0.3, -0.25) is 4.79 Å². The Balaban J connectivity index is 1.96. The summed E-state index contributed by atoms with van der Waals surface area (Å²) < 4.78 is 32.5. The van der Waals surface area contributed by atoms with Gasteiger partial charge in [0.25, 0.3) is 10.0 Å². The zero-order valence-electron chi connectivity index (χ0n) is 14.4. The van der Waals surface area contributed by atoms with Crippen LogP contribution in [0.4, 0.5) is 5.13 Å². The van der Waals surface area contributed by atoms with E-state index in [1.807, 2.05) is 32.0 Å². The number of amides is 1. The third-order valence-corrected chi connectivity index (χ3v) is 6.05. The number of rotatable bonds is 7. The van der Waals surface area contributed by atoms with Crippen molar-refractivity contribution in [3.05, 3.63) is 29.3 Å². The van der Waals surface area contributed by atoms with Crippen LogP contribution in [-0.4, -0.2) is 37.2 Å². The molecular weight excluding hydrogens is 364 g/mol. The maximum absolute atomic E-state index is 12.3. The first kappa shape index (κ1) is 19.3. The van der Waals surface area contributed by atoms with Crippen LogP contribution in [0, 0.1) is 13.8 Å². The molecule has 0 bridgehead atoms. The lowest BCUT2D eigenvalue weighted by Crippen LogP contribution is -2.36. The van der Waals surface area contributed by atoms with Gasteiger partial charge in [0.15, 0.2) is 0 Å². The molecule has 1 unspecified atom stereocenters. The van der Waals surface area contributed by atoms with Crippen molar-refractivity contribution in [2.45, 2.75) is 38.1 Å². The first-order valence-corrected chi connectivity index (χ1v) is 9.81. The van der Waals surface area contributed by atoms with E-state index in [0.29, 0.717) is 5.75 Å². The molecular formula is C15H20N4O4S2. The van der Waals surface area contributed by atoms with Crippen LogP contribution in [0.1, 0.15) is 25.0 Å². The van der Waals surface area contributed by atoms with Crippen molar-refractivity contribution in [2.75, 3.05) is 11.9 Å². The number of aromatic nitrogens is 2. The Labute approximate surface area is 150 Å². The summed E-state index contributed by atoms with van der Waals surface area (Å²) in [5, 5.41) is 9.75. The van der Waals surface area contributed by atoms with Crippen molar-refractivity contribution >= 4 is 32.4 Å². The van der Waals surface area contributed by atoms with E-state index in [9.17, 15) is 13.2 Å². The molecule has 0 aliphatic heterocycles. The summed E-state index contributed by atoms with van der Waals surface area (Å²) in [4.78, 5) is 11.0. The number of sulfonamides is 1. The molecule has 0 aliphatic rings. The summed E-state index contributed by atoms with van der Waals surface area (Å²) in [7, 11) is -3.83. The van der Waals surface area contributed by atoms with Crippen LogP contribution in [0.3, 0.4) is 0 Å². The number of nitrogens with zero attached hydrogens (tertiary/aromatic N) is 2. The van der Waals surface area contributed by atoms with Crippen molar-refractivity contribution in [2.24, 2.45) is 0 Å². The predicted molar refractivity (Wildman–Crippen MR) is 95.4 cm³/mol.